The Balaban J connectivity index is 1.77. The summed E-state index contributed by atoms with van der Waals surface area (Å²) >= 11 is 0. The number of para-hydroxylation sites is 1. The van der Waals surface area contributed by atoms with Gasteiger partial charge >= 0.3 is 0 Å². The molecule has 0 spiro atoms. The number of hydrogen-bond donors (Lipinski definition) is 2. The summed E-state index contributed by atoms with van der Waals surface area (Å²) in [4.78, 5) is 14.5. The molecule has 2 unspecified atom stereocenters. The minimum atomic E-state index is -3.31. The number of benzene rings is 2. The van der Waals surface area contributed by atoms with Gasteiger partial charge in [0, 0.05) is 12.2 Å². The molecule has 0 saturated carbocycles. The zero-order chi connectivity index (χ0) is 20.1. The number of aryl methyl sites for hydroxylation is 1. The number of aliphatic hydroxyl groups is 1. The van der Waals surface area contributed by atoms with Gasteiger partial charge in [0.1, 0.15) is 0 Å². The van der Waals surface area contributed by atoms with Crippen LogP contribution < -0.4 is 5.32 Å². The number of carbonyl (C=O) groups is 1. The lowest BCUT2D eigenvalue weighted by Crippen LogP contribution is -2.46. The van der Waals surface area contributed by atoms with Crippen molar-refractivity contribution < 1.29 is 18.3 Å². The first kappa shape index (κ1) is 20.5. The smallest absolute Gasteiger partial charge is 0.238 e. The van der Waals surface area contributed by atoms with E-state index in [0.29, 0.717) is 6.54 Å². The average Bonchev–Trinajstić information content (AvgIpc) is 2.95. The van der Waals surface area contributed by atoms with Crippen molar-refractivity contribution in [1.82, 2.24) is 4.90 Å². The highest BCUT2D eigenvalue weighted by molar-refractivity contribution is 7.91. The lowest BCUT2D eigenvalue weighted by Gasteiger charge is -2.29. The van der Waals surface area contributed by atoms with Crippen LogP contribution in [-0.2, 0) is 27.6 Å². The molecule has 2 aromatic rings. The molecule has 3 rings (SSSR count). The maximum absolute atomic E-state index is 12.7. The van der Waals surface area contributed by atoms with Crippen LogP contribution in [0.2, 0.25) is 0 Å². The van der Waals surface area contributed by atoms with Crippen LogP contribution in [0.15, 0.2) is 54.6 Å². The zero-order valence-corrected chi connectivity index (χ0v) is 16.7. The molecule has 1 amide bonds. The minimum absolute atomic E-state index is 0.00416. The summed E-state index contributed by atoms with van der Waals surface area (Å²) in [6.07, 6.45) is -0.200. The number of sulfone groups is 1. The van der Waals surface area contributed by atoms with Crippen molar-refractivity contribution in [2.24, 2.45) is 0 Å². The molecule has 1 heterocycles. The molecule has 150 valence electrons. The zero-order valence-electron chi connectivity index (χ0n) is 15.9. The van der Waals surface area contributed by atoms with Gasteiger partial charge in [0.2, 0.25) is 5.91 Å². The standard InChI is InChI=1S/C21H26N2O4S/c1-2-17-10-6-7-11-18(17)22-21(25)13-23(12-16-8-4-3-5-9-16)19-14-28(26,27)15-20(19)24/h3-11,19-20,24H,2,12-15H2,1H3,(H,22,25). The van der Waals surface area contributed by atoms with E-state index in [1.807, 2.05) is 61.5 Å². The topological polar surface area (TPSA) is 86.7 Å². The normalized spacial score (nSPS) is 21.0. The van der Waals surface area contributed by atoms with Crippen molar-refractivity contribution in [3.8, 4) is 0 Å². The van der Waals surface area contributed by atoms with E-state index >= 15 is 0 Å². The van der Waals surface area contributed by atoms with Crippen LogP contribution in [0.5, 0.6) is 0 Å². The first-order valence-corrected chi connectivity index (χ1v) is 11.2. The van der Waals surface area contributed by atoms with Gasteiger partial charge in [-0.1, -0.05) is 55.5 Å². The molecule has 1 aliphatic heterocycles. The molecule has 0 aliphatic carbocycles. The third kappa shape index (κ3) is 5.19. The Morgan fingerprint density at radius 2 is 1.79 bits per heavy atom. The molecule has 7 heteroatoms. The van der Waals surface area contributed by atoms with E-state index in [4.69, 9.17) is 0 Å². The van der Waals surface area contributed by atoms with E-state index in [1.54, 1.807) is 4.90 Å². The highest BCUT2D eigenvalue weighted by Gasteiger charge is 2.40. The molecular formula is C21H26N2O4S. The van der Waals surface area contributed by atoms with Gasteiger partial charge in [0.25, 0.3) is 0 Å². The number of rotatable bonds is 7. The maximum atomic E-state index is 12.7. The van der Waals surface area contributed by atoms with Gasteiger partial charge in [0.05, 0.1) is 30.2 Å². The van der Waals surface area contributed by atoms with E-state index in [1.165, 1.54) is 0 Å². The molecule has 0 aromatic heterocycles. The quantitative estimate of drug-likeness (QED) is 0.738. The lowest BCUT2D eigenvalue weighted by atomic mass is 10.1. The van der Waals surface area contributed by atoms with E-state index in [9.17, 15) is 18.3 Å². The summed E-state index contributed by atoms with van der Waals surface area (Å²) < 4.78 is 24.0. The monoisotopic (exact) mass is 402 g/mol. The van der Waals surface area contributed by atoms with E-state index in [-0.39, 0.29) is 24.0 Å². The van der Waals surface area contributed by atoms with Crippen LogP contribution >= 0.6 is 0 Å². The van der Waals surface area contributed by atoms with Crippen LogP contribution in [0.3, 0.4) is 0 Å². The van der Waals surface area contributed by atoms with E-state index in [2.05, 4.69) is 5.32 Å². The van der Waals surface area contributed by atoms with Crippen molar-refractivity contribution in [2.45, 2.75) is 32.0 Å². The molecule has 1 fully saturated rings. The van der Waals surface area contributed by atoms with Gasteiger partial charge in [-0.2, -0.15) is 0 Å². The predicted molar refractivity (Wildman–Crippen MR) is 110 cm³/mol. The predicted octanol–water partition coefficient (Wildman–Crippen LogP) is 1.85. The Hall–Kier alpha value is -2.22. The van der Waals surface area contributed by atoms with Gasteiger partial charge in [-0.05, 0) is 23.6 Å². The number of anilines is 1. The van der Waals surface area contributed by atoms with Gasteiger partial charge in [-0.3, -0.25) is 9.69 Å². The van der Waals surface area contributed by atoms with Gasteiger partial charge in [0.15, 0.2) is 9.84 Å². The lowest BCUT2D eigenvalue weighted by molar-refractivity contribution is -0.118. The third-order valence-electron chi connectivity index (χ3n) is 5.01. The minimum Gasteiger partial charge on any atom is -0.390 e. The SMILES string of the molecule is CCc1ccccc1NC(=O)CN(Cc1ccccc1)C1CS(=O)(=O)CC1O. The third-order valence-corrected chi connectivity index (χ3v) is 6.71. The molecule has 0 bridgehead atoms. The number of hydrogen-bond acceptors (Lipinski definition) is 5. The highest BCUT2D eigenvalue weighted by Crippen LogP contribution is 2.21. The molecule has 2 aromatic carbocycles. The summed E-state index contributed by atoms with van der Waals surface area (Å²) in [7, 11) is -3.31. The Kier molecular flexibility index (Phi) is 6.49. The molecule has 28 heavy (non-hydrogen) atoms. The highest BCUT2D eigenvalue weighted by atomic mass is 32.2. The van der Waals surface area contributed by atoms with Crippen LogP contribution in [0.4, 0.5) is 5.69 Å². The summed E-state index contributed by atoms with van der Waals surface area (Å²) in [5, 5.41) is 13.2. The van der Waals surface area contributed by atoms with Crippen LogP contribution in [0, 0.1) is 0 Å². The second-order valence-corrected chi connectivity index (χ2v) is 9.31. The van der Waals surface area contributed by atoms with Crippen LogP contribution in [0.1, 0.15) is 18.1 Å². The first-order valence-electron chi connectivity index (χ1n) is 9.42. The summed E-state index contributed by atoms with van der Waals surface area (Å²) in [5.41, 5.74) is 2.75. The van der Waals surface area contributed by atoms with Crippen molar-refractivity contribution in [3.05, 3.63) is 65.7 Å². The van der Waals surface area contributed by atoms with Crippen LogP contribution in [-0.4, -0.2) is 54.5 Å². The summed E-state index contributed by atoms with van der Waals surface area (Å²) in [6.45, 7) is 2.41. The van der Waals surface area contributed by atoms with Crippen molar-refractivity contribution in [2.75, 3.05) is 23.4 Å². The fraction of sp³-hybridized carbons (Fsp3) is 0.381. The molecule has 6 nitrogen and oxygen atoms in total. The Bertz CT molecular complexity index is 915. The largest absolute Gasteiger partial charge is 0.390 e. The molecular weight excluding hydrogens is 376 g/mol. The second-order valence-electron chi connectivity index (χ2n) is 7.16. The fourth-order valence-electron chi connectivity index (χ4n) is 3.59. The van der Waals surface area contributed by atoms with Crippen molar-refractivity contribution >= 4 is 21.4 Å². The second kappa shape index (κ2) is 8.86. The van der Waals surface area contributed by atoms with Crippen molar-refractivity contribution in [3.63, 3.8) is 0 Å². The van der Waals surface area contributed by atoms with Crippen molar-refractivity contribution in [1.29, 1.82) is 0 Å². The fourth-order valence-corrected chi connectivity index (χ4v) is 5.42. The maximum Gasteiger partial charge on any atom is 0.238 e. The van der Waals surface area contributed by atoms with Gasteiger partial charge in [-0.15, -0.1) is 0 Å². The number of nitrogens with zero attached hydrogens (tertiary/aromatic N) is 1. The molecule has 2 N–H and O–H groups in total. The average molecular weight is 403 g/mol. The van der Waals surface area contributed by atoms with E-state index in [0.717, 1.165) is 23.2 Å². The number of carbonyl (C=O) groups excluding carboxylic acids is 1. The Labute approximate surface area is 166 Å². The molecule has 2 atom stereocenters. The van der Waals surface area contributed by atoms with Crippen LogP contribution in [0.25, 0.3) is 0 Å². The number of nitrogens with one attached hydrogen (secondary N) is 1. The van der Waals surface area contributed by atoms with E-state index < -0.39 is 22.0 Å². The van der Waals surface area contributed by atoms with Gasteiger partial charge in [-0.25, -0.2) is 8.42 Å². The number of amides is 1. The first-order chi connectivity index (χ1) is 13.4. The number of aliphatic hydroxyl groups excluding tert-OH is 1. The molecule has 1 aliphatic rings. The van der Waals surface area contributed by atoms with Gasteiger partial charge < -0.3 is 10.4 Å². The molecule has 0 radical (unpaired) electrons. The Morgan fingerprint density at radius 1 is 1.11 bits per heavy atom. The Morgan fingerprint density at radius 3 is 2.43 bits per heavy atom. The molecule has 1 saturated heterocycles. The summed E-state index contributed by atoms with van der Waals surface area (Å²) in [6, 6.07) is 16.5. The summed E-state index contributed by atoms with van der Waals surface area (Å²) in [5.74, 6) is -0.628.